The SMILES string of the molecule is COc1ccc(CN2CC(c3nc4ccccc4n3CCCCOc3cc(C)ccc3C)CC2=O)cc1. The van der Waals surface area contributed by atoms with Crippen LogP contribution in [0.4, 0.5) is 0 Å². The summed E-state index contributed by atoms with van der Waals surface area (Å²) in [5, 5.41) is 0. The Bertz CT molecular complexity index is 1380. The zero-order chi connectivity index (χ0) is 25.8. The van der Waals surface area contributed by atoms with E-state index in [4.69, 9.17) is 14.5 Å². The highest BCUT2D eigenvalue weighted by atomic mass is 16.5. The average molecular weight is 498 g/mol. The molecule has 1 atom stereocenters. The van der Waals surface area contributed by atoms with Crippen molar-refractivity contribution in [1.82, 2.24) is 14.5 Å². The number of benzene rings is 3. The van der Waals surface area contributed by atoms with Gasteiger partial charge in [-0.25, -0.2) is 4.98 Å². The van der Waals surface area contributed by atoms with Crippen molar-refractivity contribution in [3.8, 4) is 11.5 Å². The molecule has 0 N–H and O–H groups in total. The average Bonchev–Trinajstić information content (AvgIpc) is 3.46. The number of ether oxygens (including phenoxy) is 2. The summed E-state index contributed by atoms with van der Waals surface area (Å²) in [7, 11) is 1.66. The first kappa shape index (κ1) is 24.9. The lowest BCUT2D eigenvalue weighted by Crippen LogP contribution is -2.24. The normalized spacial score (nSPS) is 15.5. The number of fused-ring (bicyclic) bond motifs is 1. The van der Waals surface area contributed by atoms with Crippen LogP contribution in [0.1, 0.15) is 47.7 Å². The first-order valence-corrected chi connectivity index (χ1v) is 13.1. The monoisotopic (exact) mass is 497 g/mol. The summed E-state index contributed by atoms with van der Waals surface area (Å²) in [6, 6.07) is 22.5. The Balaban J connectivity index is 1.25. The molecule has 1 aliphatic heterocycles. The minimum Gasteiger partial charge on any atom is -0.497 e. The number of amides is 1. The molecular formula is C31H35N3O3. The predicted octanol–water partition coefficient (Wildman–Crippen LogP) is 6.04. The molecule has 1 unspecified atom stereocenters. The first-order valence-electron chi connectivity index (χ1n) is 13.1. The fourth-order valence-electron chi connectivity index (χ4n) is 5.11. The second-order valence-electron chi connectivity index (χ2n) is 9.96. The highest BCUT2D eigenvalue weighted by molar-refractivity contribution is 5.81. The lowest BCUT2D eigenvalue weighted by Gasteiger charge is -2.18. The highest BCUT2D eigenvalue weighted by Crippen LogP contribution is 2.32. The van der Waals surface area contributed by atoms with E-state index >= 15 is 0 Å². The molecule has 0 saturated carbocycles. The lowest BCUT2D eigenvalue weighted by molar-refractivity contribution is -0.128. The summed E-state index contributed by atoms with van der Waals surface area (Å²) in [4.78, 5) is 19.9. The third-order valence-corrected chi connectivity index (χ3v) is 7.17. The molecule has 5 rings (SSSR count). The third kappa shape index (κ3) is 5.63. The van der Waals surface area contributed by atoms with Crippen molar-refractivity contribution in [2.45, 2.75) is 52.1 Å². The fraction of sp³-hybridized carbons (Fsp3) is 0.355. The lowest BCUT2D eigenvalue weighted by atomic mass is 10.1. The summed E-state index contributed by atoms with van der Waals surface area (Å²) < 4.78 is 13.6. The molecule has 0 spiro atoms. The Morgan fingerprint density at radius 1 is 1.00 bits per heavy atom. The van der Waals surface area contributed by atoms with E-state index in [0.29, 0.717) is 26.1 Å². The number of methoxy groups -OCH3 is 1. The minimum absolute atomic E-state index is 0.0874. The number of carbonyl (C=O) groups is 1. The van der Waals surface area contributed by atoms with Gasteiger partial charge in [-0.3, -0.25) is 4.79 Å². The number of unbranched alkanes of at least 4 members (excludes halogenated alkanes) is 1. The third-order valence-electron chi connectivity index (χ3n) is 7.17. The fourth-order valence-corrected chi connectivity index (χ4v) is 5.11. The predicted molar refractivity (Wildman–Crippen MR) is 146 cm³/mol. The zero-order valence-corrected chi connectivity index (χ0v) is 21.9. The number of aromatic nitrogens is 2. The quantitative estimate of drug-likeness (QED) is 0.251. The summed E-state index contributed by atoms with van der Waals surface area (Å²) in [6.45, 7) is 7.00. The van der Waals surface area contributed by atoms with Gasteiger partial charge in [0.05, 0.1) is 24.8 Å². The van der Waals surface area contributed by atoms with Crippen molar-refractivity contribution in [1.29, 1.82) is 0 Å². The standard InChI is InChI=1S/C31H35N3O3/c1-22-10-11-23(2)29(18-22)37-17-7-6-16-34-28-9-5-4-8-27(28)32-31(34)25-19-30(35)33(21-25)20-24-12-14-26(36-3)15-13-24/h4-5,8-15,18,25H,6-7,16-17,19-21H2,1-3H3. The van der Waals surface area contributed by atoms with Gasteiger partial charge in [0.15, 0.2) is 0 Å². The Kier molecular flexibility index (Phi) is 7.45. The van der Waals surface area contributed by atoms with Crippen LogP contribution in [0.25, 0.3) is 11.0 Å². The molecular weight excluding hydrogens is 462 g/mol. The van der Waals surface area contributed by atoms with Gasteiger partial charge in [0, 0.05) is 32.0 Å². The minimum atomic E-state index is 0.0874. The number of hydrogen-bond donors (Lipinski definition) is 0. The maximum absolute atomic E-state index is 12.9. The largest absolute Gasteiger partial charge is 0.497 e. The van der Waals surface area contributed by atoms with Gasteiger partial charge in [0.25, 0.3) is 0 Å². The Morgan fingerprint density at radius 2 is 1.81 bits per heavy atom. The van der Waals surface area contributed by atoms with Crippen LogP contribution >= 0.6 is 0 Å². The van der Waals surface area contributed by atoms with Gasteiger partial charge in [-0.1, -0.05) is 36.4 Å². The number of likely N-dealkylation sites (tertiary alicyclic amines) is 1. The van der Waals surface area contributed by atoms with Crippen LogP contribution in [-0.4, -0.2) is 40.6 Å². The van der Waals surface area contributed by atoms with Crippen LogP contribution in [0.15, 0.2) is 66.7 Å². The molecule has 0 bridgehead atoms. The smallest absolute Gasteiger partial charge is 0.223 e. The summed E-state index contributed by atoms with van der Waals surface area (Å²) in [5.74, 6) is 3.07. The number of nitrogens with zero attached hydrogens (tertiary/aromatic N) is 3. The van der Waals surface area contributed by atoms with Crippen LogP contribution in [0.5, 0.6) is 11.5 Å². The topological polar surface area (TPSA) is 56.6 Å². The molecule has 0 aliphatic carbocycles. The Labute approximate surface area is 218 Å². The molecule has 3 aromatic carbocycles. The zero-order valence-electron chi connectivity index (χ0n) is 21.9. The number of hydrogen-bond acceptors (Lipinski definition) is 4. The Hall–Kier alpha value is -3.80. The van der Waals surface area contributed by atoms with E-state index in [1.54, 1.807) is 7.11 Å². The van der Waals surface area contributed by atoms with Crippen LogP contribution in [0, 0.1) is 13.8 Å². The van der Waals surface area contributed by atoms with Gasteiger partial charge in [-0.2, -0.15) is 0 Å². The van der Waals surface area contributed by atoms with Gasteiger partial charge < -0.3 is 18.9 Å². The molecule has 4 aromatic rings. The van der Waals surface area contributed by atoms with Gasteiger partial charge in [-0.05, 0) is 73.7 Å². The van der Waals surface area contributed by atoms with Gasteiger partial charge in [-0.15, -0.1) is 0 Å². The van der Waals surface area contributed by atoms with E-state index in [1.807, 2.05) is 35.2 Å². The van der Waals surface area contributed by atoms with Crippen molar-refractivity contribution in [2.75, 3.05) is 20.3 Å². The molecule has 1 fully saturated rings. The van der Waals surface area contributed by atoms with E-state index in [2.05, 4.69) is 54.8 Å². The molecule has 1 saturated heterocycles. The number of rotatable bonds is 10. The number of carbonyl (C=O) groups excluding carboxylic acids is 1. The second-order valence-corrected chi connectivity index (χ2v) is 9.96. The molecule has 37 heavy (non-hydrogen) atoms. The molecule has 1 aromatic heterocycles. The molecule has 6 heteroatoms. The molecule has 192 valence electrons. The Morgan fingerprint density at radius 3 is 2.62 bits per heavy atom. The van der Waals surface area contributed by atoms with Crippen LogP contribution < -0.4 is 9.47 Å². The summed E-state index contributed by atoms with van der Waals surface area (Å²) >= 11 is 0. The number of para-hydroxylation sites is 2. The van der Waals surface area contributed by atoms with Crippen molar-refractivity contribution in [2.24, 2.45) is 0 Å². The van der Waals surface area contributed by atoms with Crippen LogP contribution in [-0.2, 0) is 17.9 Å². The molecule has 6 nitrogen and oxygen atoms in total. The van der Waals surface area contributed by atoms with E-state index in [0.717, 1.165) is 53.3 Å². The van der Waals surface area contributed by atoms with Crippen molar-refractivity contribution in [3.05, 3.63) is 89.2 Å². The van der Waals surface area contributed by atoms with E-state index in [1.165, 1.54) is 11.1 Å². The van der Waals surface area contributed by atoms with Gasteiger partial charge in [0.2, 0.25) is 5.91 Å². The summed E-state index contributed by atoms with van der Waals surface area (Å²) in [5.41, 5.74) is 5.60. The van der Waals surface area contributed by atoms with E-state index in [9.17, 15) is 4.79 Å². The van der Waals surface area contributed by atoms with Crippen LogP contribution in [0.3, 0.4) is 0 Å². The van der Waals surface area contributed by atoms with Crippen molar-refractivity contribution >= 4 is 16.9 Å². The first-order chi connectivity index (χ1) is 18.0. The second kappa shape index (κ2) is 11.1. The number of imidazole rings is 1. The maximum Gasteiger partial charge on any atom is 0.223 e. The van der Waals surface area contributed by atoms with Crippen molar-refractivity contribution < 1.29 is 14.3 Å². The summed E-state index contributed by atoms with van der Waals surface area (Å²) in [6.07, 6.45) is 2.43. The van der Waals surface area contributed by atoms with E-state index < -0.39 is 0 Å². The molecule has 2 heterocycles. The molecule has 0 radical (unpaired) electrons. The van der Waals surface area contributed by atoms with Gasteiger partial charge in [0.1, 0.15) is 17.3 Å². The number of aryl methyl sites for hydroxylation is 3. The molecule has 1 aliphatic rings. The highest BCUT2D eigenvalue weighted by Gasteiger charge is 2.34. The van der Waals surface area contributed by atoms with Gasteiger partial charge >= 0.3 is 0 Å². The maximum atomic E-state index is 12.9. The van der Waals surface area contributed by atoms with Crippen molar-refractivity contribution in [3.63, 3.8) is 0 Å². The van der Waals surface area contributed by atoms with Crippen LogP contribution in [0.2, 0.25) is 0 Å². The molecule has 1 amide bonds. The van der Waals surface area contributed by atoms with E-state index in [-0.39, 0.29) is 11.8 Å².